The van der Waals surface area contributed by atoms with Gasteiger partial charge in [-0.1, -0.05) is 42.8 Å². The molecule has 0 saturated heterocycles. The molecule has 0 bridgehead atoms. The van der Waals surface area contributed by atoms with Gasteiger partial charge in [0.05, 0.1) is 17.1 Å². The highest BCUT2D eigenvalue weighted by atomic mass is 35.5. The third-order valence-corrected chi connectivity index (χ3v) is 3.59. The number of hydrogen-bond donors (Lipinski definition) is 1. The summed E-state index contributed by atoms with van der Waals surface area (Å²) >= 11 is 5.86. The maximum atomic E-state index is 12.0. The van der Waals surface area contributed by atoms with Crippen LogP contribution in [0.5, 0.6) is 0 Å². The topological polar surface area (TPSA) is 84.6 Å². The van der Waals surface area contributed by atoms with Crippen LogP contribution in [0.1, 0.15) is 24.5 Å². The van der Waals surface area contributed by atoms with Crippen LogP contribution >= 0.6 is 11.6 Å². The zero-order chi connectivity index (χ0) is 17.5. The average molecular weight is 346 g/mol. The quantitative estimate of drug-likeness (QED) is 0.492. The number of rotatable bonds is 6. The summed E-state index contributed by atoms with van der Waals surface area (Å²) < 4.78 is 0. The molecular weight excluding hydrogens is 330 g/mol. The number of non-ortho nitro benzene ring substituents is 1. The van der Waals surface area contributed by atoms with Crippen LogP contribution in [-0.2, 0) is 11.2 Å². The van der Waals surface area contributed by atoms with Crippen LogP contribution in [-0.4, -0.2) is 16.5 Å². The molecule has 24 heavy (non-hydrogen) atoms. The minimum absolute atomic E-state index is 0.00631. The van der Waals surface area contributed by atoms with E-state index < -0.39 is 4.92 Å². The van der Waals surface area contributed by atoms with Gasteiger partial charge >= 0.3 is 0 Å². The molecule has 0 fully saturated rings. The summed E-state index contributed by atoms with van der Waals surface area (Å²) in [4.78, 5) is 22.1. The van der Waals surface area contributed by atoms with Gasteiger partial charge in [0.2, 0.25) is 5.91 Å². The fourth-order valence-electron chi connectivity index (χ4n) is 2.08. The lowest BCUT2D eigenvalue weighted by atomic mass is 10.1. The molecule has 2 aromatic carbocycles. The van der Waals surface area contributed by atoms with Gasteiger partial charge < -0.3 is 0 Å². The second-order valence-electron chi connectivity index (χ2n) is 5.05. The average Bonchev–Trinajstić information content (AvgIpc) is 2.57. The molecule has 0 saturated carbocycles. The normalized spacial score (nSPS) is 11.2. The van der Waals surface area contributed by atoms with E-state index >= 15 is 0 Å². The fraction of sp³-hybridized carbons (Fsp3) is 0.176. The van der Waals surface area contributed by atoms with Gasteiger partial charge in [-0.05, 0) is 29.7 Å². The number of hydrogen-bond acceptors (Lipinski definition) is 4. The lowest BCUT2D eigenvalue weighted by Gasteiger charge is -2.06. The summed E-state index contributed by atoms with van der Waals surface area (Å²) in [7, 11) is 0. The van der Waals surface area contributed by atoms with E-state index in [4.69, 9.17) is 11.6 Å². The number of benzene rings is 2. The van der Waals surface area contributed by atoms with Crippen molar-refractivity contribution in [1.29, 1.82) is 0 Å². The molecule has 6 nitrogen and oxygen atoms in total. The molecule has 0 aliphatic heterocycles. The summed E-state index contributed by atoms with van der Waals surface area (Å²) in [6, 6.07) is 13.1. The van der Waals surface area contributed by atoms with Crippen molar-refractivity contribution in [3.8, 4) is 0 Å². The van der Waals surface area contributed by atoms with Crippen LogP contribution in [0.4, 0.5) is 5.69 Å². The third-order valence-electron chi connectivity index (χ3n) is 3.34. The van der Waals surface area contributed by atoms with Gasteiger partial charge in [-0.25, -0.2) is 5.43 Å². The molecule has 0 heterocycles. The van der Waals surface area contributed by atoms with E-state index in [1.165, 1.54) is 12.1 Å². The second kappa shape index (κ2) is 8.21. The van der Waals surface area contributed by atoms with Gasteiger partial charge in [0.25, 0.3) is 5.69 Å². The molecular formula is C17H16ClN3O3. The molecule has 0 unspecified atom stereocenters. The number of carbonyl (C=O) groups excluding carboxylic acids is 1. The van der Waals surface area contributed by atoms with Crippen LogP contribution in [0.25, 0.3) is 0 Å². The first-order valence-corrected chi connectivity index (χ1v) is 7.72. The largest absolute Gasteiger partial charge is 0.273 e. The maximum absolute atomic E-state index is 12.0. The number of nitro benzene ring substituents is 1. The highest BCUT2D eigenvalue weighted by Gasteiger charge is 2.08. The van der Waals surface area contributed by atoms with Crippen LogP contribution in [0, 0.1) is 10.1 Å². The van der Waals surface area contributed by atoms with Crippen molar-refractivity contribution < 1.29 is 9.72 Å². The molecule has 0 radical (unpaired) electrons. The predicted molar refractivity (Wildman–Crippen MR) is 93.2 cm³/mol. The number of nitro groups is 1. The third kappa shape index (κ3) is 4.89. The summed E-state index contributed by atoms with van der Waals surface area (Å²) in [6.45, 7) is 1.94. The van der Waals surface area contributed by atoms with Gasteiger partial charge in [0, 0.05) is 17.2 Å². The summed E-state index contributed by atoms with van der Waals surface area (Å²) in [6.07, 6.45) is 0.749. The molecule has 0 atom stereocenters. The number of halogens is 1. The van der Waals surface area contributed by atoms with E-state index in [2.05, 4.69) is 10.5 Å². The van der Waals surface area contributed by atoms with Crippen molar-refractivity contribution in [1.82, 2.24) is 5.43 Å². The molecule has 0 aliphatic carbocycles. The molecule has 0 aliphatic rings. The minimum Gasteiger partial charge on any atom is -0.273 e. The number of carbonyl (C=O) groups is 1. The van der Waals surface area contributed by atoms with Gasteiger partial charge in [-0.2, -0.15) is 5.10 Å². The summed E-state index contributed by atoms with van der Waals surface area (Å²) in [5.74, 6) is -0.288. The van der Waals surface area contributed by atoms with Crippen LogP contribution in [0.15, 0.2) is 53.6 Å². The highest BCUT2D eigenvalue weighted by molar-refractivity contribution is 6.30. The molecule has 1 amide bonds. The van der Waals surface area contributed by atoms with Crippen LogP contribution in [0.3, 0.4) is 0 Å². The molecule has 1 N–H and O–H groups in total. The molecule has 0 aromatic heterocycles. The van der Waals surface area contributed by atoms with Crippen LogP contribution in [0.2, 0.25) is 5.02 Å². The molecule has 124 valence electrons. The summed E-state index contributed by atoms with van der Waals surface area (Å²) in [5, 5.41) is 15.4. The van der Waals surface area contributed by atoms with E-state index in [1.807, 2.05) is 19.1 Å². The van der Waals surface area contributed by atoms with Crippen molar-refractivity contribution in [2.24, 2.45) is 5.10 Å². The van der Waals surface area contributed by atoms with E-state index in [1.54, 1.807) is 24.3 Å². The van der Waals surface area contributed by atoms with Gasteiger partial charge in [-0.15, -0.1) is 0 Å². The van der Waals surface area contributed by atoms with Crippen LogP contribution < -0.4 is 5.43 Å². The molecule has 7 heteroatoms. The Morgan fingerprint density at radius 3 is 2.33 bits per heavy atom. The Labute approximate surface area is 144 Å². The summed E-state index contributed by atoms with van der Waals surface area (Å²) in [5.41, 5.74) is 4.81. The lowest BCUT2D eigenvalue weighted by molar-refractivity contribution is -0.384. The Hall–Kier alpha value is -2.73. The van der Waals surface area contributed by atoms with E-state index in [0.29, 0.717) is 17.0 Å². The Kier molecular flexibility index (Phi) is 6.03. The lowest BCUT2D eigenvalue weighted by Crippen LogP contribution is -2.21. The van der Waals surface area contributed by atoms with Crippen molar-refractivity contribution in [3.05, 3.63) is 74.8 Å². The van der Waals surface area contributed by atoms with E-state index in [9.17, 15) is 14.9 Å². The monoisotopic (exact) mass is 345 g/mol. The Morgan fingerprint density at radius 2 is 1.79 bits per heavy atom. The van der Waals surface area contributed by atoms with E-state index in [-0.39, 0.29) is 18.0 Å². The minimum atomic E-state index is -0.478. The van der Waals surface area contributed by atoms with Gasteiger partial charge in [-0.3, -0.25) is 14.9 Å². The molecule has 0 spiro atoms. The first kappa shape index (κ1) is 17.6. The number of amides is 1. The number of nitrogens with one attached hydrogen (secondary N) is 1. The zero-order valence-corrected chi connectivity index (χ0v) is 13.8. The first-order chi connectivity index (χ1) is 11.5. The number of hydrazone groups is 1. The Morgan fingerprint density at radius 1 is 1.17 bits per heavy atom. The first-order valence-electron chi connectivity index (χ1n) is 7.34. The SMILES string of the molecule is CCC(=NNC(=O)Cc1ccc([N+](=O)[O-])cc1)c1ccc(Cl)cc1. The maximum Gasteiger partial charge on any atom is 0.269 e. The molecule has 2 aromatic rings. The predicted octanol–water partition coefficient (Wildman–Crippen LogP) is 3.72. The fourth-order valence-corrected chi connectivity index (χ4v) is 2.21. The van der Waals surface area contributed by atoms with Crippen molar-refractivity contribution in [2.45, 2.75) is 19.8 Å². The smallest absolute Gasteiger partial charge is 0.269 e. The van der Waals surface area contributed by atoms with Crippen molar-refractivity contribution in [3.63, 3.8) is 0 Å². The Balaban J connectivity index is 2.00. The van der Waals surface area contributed by atoms with Crippen molar-refractivity contribution in [2.75, 3.05) is 0 Å². The zero-order valence-electron chi connectivity index (χ0n) is 13.0. The van der Waals surface area contributed by atoms with Gasteiger partial charge in [0.15, 0.2) is 0 Å². The van der Waals surface area contributed by atoms with Crippen molar-refractivity contribution >= 4 is 28.9 Å². The second-order valence-corrected chi connectivity index (χ2v) is 5.49. The number of nitrogens with zero attached hydrogens (tertiary/aromatic N) is 2. The highest BCUT2D eigenvalue weighted by Crippen LogP contribution is 2.13. The van der Waals surface area contributed by atoms with Gasteiger partial charge in [0.1, 0.15) is 0 Å². The Bertz CT molecular complexity index is 756. The van der Waals surface area contributed by atoms with E-state index in [0.717, 1.165) is 11.3 Å². The molecule has 2 rings (SSSR count). The standard InChI is InChI=1S/C17H16ClN3O3/c1-2-16(13-5-7-14(18)8-6-13)19-20-17(22)11-12-3-9-15(10-4-12)21(23)24/h3-10H,2,11H2,1H3,(H,20,22).